The highest BCUT2D eigenvalue weighted by atomic mass is 16.2. The molecule has 27 heavy (non-hydrogen) atoms. The van der Waals surface area contributed by atoms with Crippen LogP contribution >= 0.6 is 0 Å². The number of hydrogen-bond donors (Lipinski definition) is 1. The summed E-state index contributed by atoms with van der Waals surface area (Å²) in [6.07, 6.45) is 10.5. The van der Waals surface area contributed by atoms with Crippen molar-refractivity contribution in [2.75, 3.05) is 20.1 Å². The van der Waals surface area contributed by atoms with E-state index >= 15 is 0 Å². The molecule has 3 fully saturated rings. The third-order valence-corrected chi connectivity index (χ3v) is 6.80. The van der Waals surface area contributed by atoms with Crippen molar-refractivity contribution in [3.63, 3.8) is 0 Å². The van der Waals surface area contributed by atoms with E-state index in [2.05, 4.69) is 15.2 Å². The Morgan fingerprint density at radius 2 is 1.89 bits per heavy atom. The van der Waals surface area contributed by atoms with E-state index in [1.807, 2.05) is 24.5 Å². The molecule has 2 aliphatic heterocycles. The highest BCUT2D eigenvalue weighted by molar-refractivity contribution is 5.94. The second kappa shape index (κ2) is 7.58. The second-order valence-electron chi connectivity index (χ2n) is 8.54. The zero-order chi connectivity index (χ0) is 18.9. The van der Waals surface area contributed by atoms with E-state index in [0.29, 0.717) is 12.5 Å². The summed E-state index contributed by atoms with van der Waals surface area (Å²) in [4.78, 5) is 34.0. The van der Waals surface area contributed by atoms with Crippen LogP contribution in [-0.4, -0.2) is 58.8 Å². The maximum Gasteiger partial charge on any atom is 0.243 e. The largest absolute Gasteiger partial charge is 0.352 e. The van der Waals surface area contributed by atoms with Gasteiger partial charge in [-0.2, -0.15) is 0 Å². The topological polar surface area (TPSA) is 65.5 Å². The minimum atomic E-state index is -0.346. The standard InChI is InChI=1S/C21H30N4O2/c1-24-18(19(26)23-17-4-2-3-5-17)14-21(20(24)27)8-12-25(13-9-21)15-16-6-10-22-11-7-16/h6-7,10-11,17-18H,2-5,8-9,12-15H2,1H3,(H,23,26). The van der Waals surface area contributed by atoms with E-state index in [9.17, 15) is 9.59 Å². The zero-order valence-electron chi connectivity index (χ0n) is 16.2. The lowest BCUT2D eigenvalue weighted by Crippen LogP contribution is -2.46. The summed E-state index contributed by atoms with van der Waals surface area (Å²) >= 11 is 0. The number of pyridine rings is 1. The molecule has 1 spiro atoms. The van der Waals surface area contributed by atoms with Gasteiger partial charge in [0.1, 0.15) is 6.04 Å². The van der Waals surface area contributed by atoms with Gasteiger partial charge in [-0.25, -0.2) is 0 Å². The van der Waals surface area contributed by atoms with Crippen LogP contribution in [0.15, 0.2) is 24.5 Å². The monoisotopic (exact) mass is 370 g/mol. The summed E-state index contributed by atoms with van der Waals surface area (Å²) in [5.41, 5.74) is 0.908. The first-order valence-electron chi connectivity index (χ1n) is 10.3. The van der Waals surface area contributed by atoms with Crippen molar-refractivity contribution in [1.82, 2.24) is 20.1 Å². The quantitative estimate of drug-likeness (QED) is 0.880. The third kappa shape index (κ3) is 3.72. The predicted molar refractivity (Wildman–Crippen MR) is 103 cm³/mol. The number of likely N-dealkylation sites (N-methyl/N-ethyl adjacent to an activating group) is 1. The fraction of sp³-hybridized carbons (Fsp3) is 0.667. The van der Waals surface area contributed by atoms with E-state index < -0.39 is 0 Å². The Labute approximate surface area is 161 Å². The average Bonchev–Trinajstić information content (AvgIpc) is 3.27. The Kier molecular flexibility index (Phi) is 5.17. The zero-order valence-corrected chi connectivity index (χ0v) is 16.2. The molecule has 3 aliphatic rings. The highest BCUT2D eigenvalue weighted by Gasteiger charge is 2.53. The van der Waals surface area contributed by atoms with E-state index in [1.165, 1.54) is 18.4 Å². The van der Waals surface area contributed by atoms with Gasteiger partial charge in [0.05, 0.1) is 5.41 Å². The summed E-state index contributed by atoms with van der Waals surface area (Å²) in [6.45, 7) is 2.70. The van der Waals surface area contributed by atoms with Gasteiger partial charge in [-0.05, 0) is 62.9 Å². The number of hydrogen-bond acceptors (Lipinski definition) is 4. The van der Waals surface area contributed by atoms with Gasteiger partial charge >= 0.3 is 0 Å². The van der Waals surface area contributed by atoms with E-state index in [1.54, 1.807) is 11.9 Å². The van der Waals surface area contributed by atoms with Crippen molar-refractivity contribution in [2.45, 2.75) is 63.6 Å². The Balaban J connectivity index is 1.36. The van der Waals surface area contributed by atoms with Gasteiger partial charge in [-0.1, -0.05) is 12.8 Å². The number of carbonyl (C=O) groups is 2. The molecule has 4 rings (SSSR count). The van der Waals surface area contributed by atoms with E-state index in [0.717, 1.165) is 45.3 Å². The van der Waals surface area contributed by atoms with Crippen LogP contribution in [0.25, 0.3) is 0 Å². The molecular weight excluding hydrogens is 340 g/mol. The van der Waals surface area contributed by atoms with Gasteiger partial charge in [0, 0.05) is 32.0 Å². The molecule has 2 saturated heterocycles. The summed E-state index contributed by atoms with van der Waals surface area (Å²) in [5, 5.41) is 3.19. The molecule has 0 aromatic carbocycles. The fourth-order valence-corrected chi connectivity index (χ4v) is 5.05. The Bertz CT molecular complexity index is 679. The first kappa shape index (κ1) is 18.4. The van der Waals surface area contributed by atoms with Crippen LogP contribution in [-0.2, 0) is 16.1 Å². The van der Waals surface area contributed by atoms with Crippen molar-refractivity contribution >= 4 is 11.8 Å². The first-order valence-corrected chi connectivity index (χ1v) is 10.3. The summed E-state index contributed by atoms with van der Waals surface area (Å²) in [6, 6.07) is 4.09. The number of carbonyl (C=O) groups excluding carboxylic acids is 2. The molecule has 146 valence electrons. The Morgan fingerprint density at radius 1 is 1.22 bits per heavy atom. The number of nitrogens with zero attached hydrogens (tertiary/aromatic N) is 3. The lowest BCUT2D eigenvalue weighted by atomic mass is 9.76. The normalized spacial score (nSPS) is 26.0. The minimum absolute atomic E-state index is 0.0499. The van der Waals surface area contributed by atoms with Crippen molar-refractivity contribution in [1.29, 1.82) is 0 Å². The Hall–Kier alpha value is -1.95. The van der Waals surface area contributed by atoms with Crippen LogP contribution in [0.5, 0.6) is 0 Å². The maximum absolute atomic E-state index is 13.0. The van der Waals surface area contributed by atoms with Crippen LogP contribution in [0.2, 0.25) is 0 Å². The van der Waals surface area contributed by atoms with Gasteiger partial charge in [0.25, 0.3) is 0 Å². The van der Waals surface area contributed by atoms with Crippen molar-refractivity contribution in [3.05, 3.63) is 30.1 Å². The lowest BCUT2D eigenvalue weighted by Gasteiger charge is -2.37. The molecule has 1 atom stereocenters. The lowest BCUT2D eigenvalue weighted by molar-refractivity contribution is -0.140. The van der Waals surface area contributed by atoms with Crippen LogP contribution < -0.4 is 5.32 Å². The maximum atomic E-state index is 13.0. The van der Waals surface area contributed by atoms with Gasteiger partial charge in [0.2, 0.25) is 11.8 Å². The average molecular weight is 370 g/mol. The van der Waals surface area contributed by atoms with Gasteiger partial charge in [-0.3, -0.25) is 19.5 Å². The molecule has 3 heterocycles. The molecule has 1 unspecified atom stereocenters. The first-order chi connectivity index (χ1) is 13.1. The Morgan fingerprint density at radius 3 is 2.56 bits per heavy atom. The van der Waals surface area contributed by atoms with Crippen LogP contribution in [0.1, 0.15) is 50.5 Å². The number of aromatic nitrogens is 1. The summed E-state index contributed by atoms with van der Waals surface area (Å²) in [7, 11) is 1.80. The molecule has 6 heteroatoms. The van der Waals surface area contributed by atoms with E-state index in [4.69, 9.17) is 0 Å². The van der Waals surface area contributed by atoms with E-state index in [-0.39, 0.29) is 23.3 Å². The molecule has 1 saturated carbocycles. The highest BCUT2D eigenvalue weighted by Crippen LogP contribution is 2.44. The number of nitrogens with one attached hydrogen (secondary N) is 1. The molecule has 1 aromatic rings. The van der Waals surface area contributed by atoms with Crippen LogP contribution in [0.3, 0.4) is 0 Å². The second-order valence-corrected chi connectivity index (χ2v) is 8.54. The van der Waals surface area contributed by atoms with Crippen LogP contribution in [0, 0.1) is 5.41 Å². The predicted octanol–water partition coefficient (Wildman–Crippen LogP) is 1.95. The van der Waals surface area contributed by atoms with Crippen LogP contribution in [0.4, 0.5) is 0 Å². The van der Waals surface area contributed by atoms with Gasteiger partial charge in [-0.15, -0.1) is 0 Å². The number of piperidine rings is 1. The summed E-state index contributed by atoms with van der Waals surface area (Å²) in [5.74, 6) is 0.214. The number of amides is 2. The number of rotatable bonds is 4. The molecule has 6 nitrogen and oxygen atoms in total. The molecule has 0 radical (unpaired) electrons. The fourth-order valence-electron chi connectivity index (χ4n) is 5.05. The minimum Gasteiger partial charge on any atom is -0.352 e. The van der Waals surface area contributed by atoms with Crippen molar-refractivity contribution in [2.24, 2.45) is 5.41 Å². The number of likely N-dealkylation sites (tertiary alicyclic amines) is 2. The SMILES string of the molecule is CN1C(=O)C2(CCN(Cc3ccncc3)CC2)CC1C(=O)NC1CCCC1. The van der Waals surface area contributed by atoms with Gasteiger partial charge in [0.15, 0.2) is 0 Å². The molecule has 0 bridgehead atoms. The molecule has 1 aromatic heterocycles. The molecular formula is C21H30N4O2. The van der Waals surface area contributed by atoms with Gasteiger partial charge < -0.3 is 10.2 Å². The molecule has 1 aliphatic carbocycles. The smallest absolute Gasteiger partial charge is 0.243 e. The van der Waals surface area contributed by atoms with Crippen molar-refractivity contribution < 1.29 is 9.59 Å². The summed E-state index contributed by atoms with van der Waals surface area (Å²) < 4.78 is 0. The van der Waals surface area contributed by atoms with Crippen molar-refractivity contribution in [3.8, 4) is 0 Å². The third-order valence-electron chi connectivity index (χ3n) is 6.80. The molecule has 1 N–H and O–H groups in total. The molecule has 2 amide bonds.